The van der Waals surface area contributed by atoms with Crippen LogP contribution in [-0.4, -0.2) is 50.8 Å². The summed E-state index contributed by atoms with van der Waals surface area (Å²) in [7, 11) is 4.66. The number of ether oxygens (including phenoxy) is 3. The molecule has 0 rings (SSSR count). The van der Waals surface area contributed by atoms with Crippen LogP contribution in [0.4, 0.5) is 9.59 Å². The SMILES string of the molecule is [B]C(=O)O[C@H](COC=O)COC(=O)O. The Balaban J connectivity index is 3.89. The summed E-state index contributed by atoms with van der Waals surface area (Å²) in [6, 6.07) is 0. The first kappa shape index (κ1) is 12.3. The van der Waals surface area contributed by atoms with Gasteiger partial charge in [0.25, 0.3) is 6.47 Å². The summed E-state index contributed by atoms with van der Waals surface area (Å²) in [4.78, 5) is 30.0. The number of rotatable bonds is 6. The van der Waals surface area contributed by atoms with Crippen LogP contribution in [0.25, 0.3) is 0 Å². The molecule has 0 aliphatic rings. The van der Waals surface area contributed by atoms with E-state index in [1.54, 1.807) is 0 Å². The molecule has 8 heteroatoms. The molecule has 0 spiro atoms. The first-order valence-electron chi connectivity index (χ1n) is 3.43. The molecule has 0 aromatic carbocycles. The van der Waals surface area contributed by atoms with Gasteiger partial charge in [0.15, 0.2) is 6.10 Å². The molecule has 0 saturated heterocycles. The Labute approximate surface area is 80.3 Å². The molecule has 0 fully saturated rings. The van der Waals surface area contributed by atoms with E-state index in [4.69, 9.17) is 5.11 Å². The van der Waals surface area contributed by atoms with Gasteiger partial charge in [0.1, 0.15) is 13.2 Å². The van der Waals surface area contributed by atoms with Crippen molar-refractivity contribution in [3.05, 3.63) is 0 Å². The molecular weight excluding hydrogens is 195 g/mol. The summed E-state index contributed by atoms with van der Waals surface area (Å²) >= 11 is 0. The van der Waals surface area contributed by atoms with Crippen molar-refractivity contribution < 1.29 is 33.7 Å². The van der Waals surface area contributed by atoms with Crippen molar-refractivity contribution in [3.63, 3.8) is 0 Å². The molecule has 0 aromatic rings. The summed E-state index contributed by atoms with van der Waals surface area (Å²) in [5.74, 6) is -1.11. The summed E-state index contributed by atoms with van der Waals surface area (Å²) in [5.41, 5.74) is 0. The Morgan fingerprint density at radius 3 is 2.50 bits per heavy atom. The lowest BCUT2D eigenvalue weighted by Gasteiger charge is -2.14. The molecule has 7 nitrogen and oxygen atoms in total. The normalized spacial score (nSPS) is 11.1. The molecule has 0 saturated carbocycles. The van der Waals surface area contributed by atoms with Gasteiger partial charge in [0.2, 0.25) is 13.7 Å². The first-order valence-corrected chi connectivity index (χ1v) is 3.43. The fraction of sp³-hybridized carbons (Fsp3) is 0.500. The van der Waals surface area contributed by atoms with E-state index in [2.05, 4.69) is 22.1 Å². The fourth-order valence-corrected chi connectivity index (χ4v) is 0.591. The van der Waals surface area contributed by atoms with Crippen molar-refractivity contribution in [2.45, 2.75) is 6.10 Å². The highest BCUT2D eigenvalue weighted by Crippen LogP contribution is 1.95. The van der Waals surface area contributed by atoms with E-state index in [0.29, 0.717) is 0 Å². The van der Waals surface area contributed by atoms with Gasteiger partial charge in [-0.25, -0.2) is 4.79 Å². The predicted molar refractivity (Wildman–Crippen MR) is 42.0 cm³/mol. The minimum atomic E-state index is -1.53. The van der Waals surface area contributed by atoms with Crippen LogP contribution in [0.15, 0.2) is 0 Å². The second kappa shape index (κ2) is 6.75. The molecular formula is C6H7BO7. The fourth-order valence-electron chi connectivity index (χ4n) is 0.591. The highest BCUT2D eigenvalue weighted by Gasteiger charge is 2.14. The van der Waals surface area contributed by atoms with Crippen molar-refractivity contribution in [2.24, 2.45) is 0 Å². The van der Waals surface area contributed by atoms with Crippen LogP contribution < -0.4 is 0 Å². The van der Waals surface area contributed by atoms with E-state index in [1.807, 2.05) is 0 Å². The Kier molecular flexibility index (Phi) is 5.92. The van der Waals surface area contributed by atoms with E-state index in [-0.39, 0.29) is 13.1 Å². The lowest BCUT2D eigenvalue weighted by Crippen LogP contribution is -2.28. The predicted octanol–water partition coefficient (Wildman–Crippen LogP) is -0.472. The van der Waals surface area contributed by atoms with Gasteiger partial charge in [-0.3, -0.25) is 9.59 Å². The second-order valence-electron chi connectivity index (χ2n) is 2.07. The van der Waals surface area contributed by atoms with Crippen LogP contribution >= 0.6 is 0 Å². The van der Waals surface area contributed by atoms with Crippen LogP contribution in [0.2, 0.25) is 0 Å². The number of carbonyl (C=O) groups excluding carboxylic acids is 2. The van der Waals surface area contributed by atoms with E-state index < -0.39 is 24.7 Å². The second-order valence-corrected chi connectivity index (χ2v) is 2.07. The molecule has 0 bridgehead atoms. The Morgan fingerprint density at radius 1 is 1.43 bits per heavy atom. The van der Waals surface area contributed by atoms with E-state index in [0.717, 1.165) is 0 Å². The smallest absolute Gasteiger partial charge is 0.464 e. The monoisotopic (exact) mass is 202 g/mol. The standard InChI is InChI=1S/C6H7BO7/c7-5(9)14-4(1-12-3-8)2-13-6(10)11/h3-4H,1-2H2,(H,10,11)/t4-/m1/s1. The van der Waals surface area contributed by atoms with Crippen molar-refractivity contribution in [1.29, 1.82) is 0 Å². The van der Waals surface area contributed by atoms with Crippen molar-refractivity contribution in [1.82, 2.24) is 0 Å². The van der Waals surface area contributed by atoms with Gasteiger partial charge in [-0.1, -0.05) is 0 Å². The number of hydrogen-bond acceptors (Lipinski definition) is 6. The summed E-state index contributed by atoms with van der Waals surface area (Å²) in [6.45, 7) is -0.649. The Morgan fingerprint density at radius 2 is 2.07 bits per heavy atom. The molecule has 2 radical (unpaired) electrons. The molecule has 0 aromatic heterocycles. The van der Waals surface area contributed by atoms with Gasteiger partial charge in [0.05, 0.1) is 0 Å². The number of carbonyl (C=O) groups is 3. The van der Waals surface area contributed by atoms with Gasteiger partial charge in [-0.05, 0) is 0 Å². The molecule has 0 unspecified atom stereocenters. The molecule has 76 valence electrons. The summed E-state index contributed by atoms with van der Waals surface area (Å²) < 4.78 is 12.7. The lowest BCUT2D eigenvalue weighted by atomic mass is 10.2. The molecule has 0 aliphatic heterocycles. The third kappa shape index (κ3) is 6.95. The van der Waals surface area contributed by atoms with Gasteiger partial charge >= 0.3 is 6.16 Å². The Hall–Kier alpha value is -1.73. The number of hydrogen-bond donors (Lipinski definition) is 1. The van der Waals surface area contributed by atoms with Crippen molar-refractivity contribution >= 4 is 26.3 Å². The Bertz CT molecular complexity index is 216. The summed E-state index contributed by atoms with van der Waals surface area (Å²) in [5, 5.41) is 8.12. The first-order chi connectivity index (χ1) is 6.56. The molecule has 14 heavy (non-hydrogen) atoms. The zero-order valence-electron chi connectivity index (χ0n) is 7.04. The molecule has 0 aliphatic carbocycles. The zero-order chi connectivity index (χ0) is 11.0. The minimum absolute atomic E-state index is 0.123. The van der Waals surface area contributed by atoms with Crippen molar-refractivity contribution in [2.75, 3.05) is 13.2 Å². The van der Waals surface area contributed by atoms with Crippen LogP contribution in [0, 0.1) is 0 Å². The molecule has 1 atom stereocenters. The topological polar surface area (TPSA) is 99.1 Å². The van der Waals surface area contributed by atoms with Gasteiger partial charge in [0, 0.05) is 0 Å². The van der Waals surface area contributed by atoms with E-state index >= 15 is 0 Å². The maximum Gasteiger partial charge on any atom is 0.505 e. The highest BCUT2D eigenvalue weighted by atomic mass is 16.7. The maximum absolute atomic E-state index is 10.3. The largest absolute Gasteiger partial charge is 0.505 e. The van der Waals surface area contributed by atoms with Gasteiger partial charge in [-0.15, -0.1) is 0 Å². The molecule has 0 amide bonds. The average molecular weight is 202 g/mol. The summed E-state index contributed by atoms with van der Waals surface area (Å²) in [6.07, 6.45) is -2.57. The molecule has 1 N–H and O–H groups in total. The highest BCUT2D eigenvalue weighted by molar-refractivity contribution is 6.55. The van der Waals surface area contributed by atoms with E-state index in [1.165, 1.54) is 0 Å². The zero-order valence-corrected chi connectivity index (χ0v) is 7.04. The van der Waals surface area contributed by atoms with Crippen LogP contribution in [-0.2, 0) is 19.0 Å². The lowest BCUT2D eigenvalue weighted by molar-refractivity contribution is -0.132. The third-order valence-corrected chi connectivity index (χ3v) is 1.03. The van der Waals surface area contributed by atoms with Gasteiger partial charge < -0.3 is 19.3 Å². The quantitative estimate of drug-likeness (QED) is 0.269. The van der Waals surface area contributed by atoms with Crippen LogP contribution in [0.3, 0.4) is 0 Å². The molecule has 0 heterocycles. The van der Waals surface area contributed by atoms with E-state index in [9.17, 15) is 14.4 Å². The third-order valence-electron chi connectivity index (χ3n) is 1.03. The maximum atomic E-state index is 10.3. The van der Waals surface area contributed by atoms with Crippen LogP contribution in [0.1, 0.15) is 0 Å². The number of carboxylic acid groups (broad SMARTS) is 1. The van der Waals surface area contributed by atoms with Gasteiger partial charge in [-0.2, -0.15) is 0 Å². The average Bonchev–Trinajstić information content (AvgIpc) is 2.09. The minimum Gasteiger partial charge on any atom is -0.464 e. The van der Waals surface area contributed by atoms with Crippen LogP contribution in [0.5, 0.6) is 0 Å². The van der Waals surface area contributed by atoms with Crippen molar-refractivity contribution in [3.8, 4) is 0 Å².